The molecule has 0 aromatic carbocycles. The minimum atomic E-state index is -1.68. The van der Waals surface area contributed by atoms with Crippen LogP contribution in [0.15, 0.2) is 59.4 Å². The Hall–Kier alpha value is -2.44. The Morgan fingerprint density at radius 2 is 1.79 bits per heavy atom. The Labute approximate surface area is 196 Å². The summed E-state index contributed by atoms with van der Waals surface area (Å²) in [7, 11) is 0. The summed E-state index contributed by atoms with van der Waals surface area (Å²) in [4.78, 5) is 26.9. The second kappa shape index (κ2) is 9.82. The molecule has 0 aromatic rings. The average Bonchev–Trinajstić information content (AvgIpc) is 2.90. The molecule has 33 heavy (non-hydrogen) atoms. The number of hydrogen-bond donors (Lipinski definition) is 3. The molecule has 3 aliphatic rings. The topological polar surface area (TPSA) is 95.9 Å². The van der Waals surface area contributed by atoms with Crippen LogP contribution in [-0.4, -0.2) is 39.8 Å². The van der Waals surface area contributed by atoms with Gasteiger partial charge in [0, 0.05) is 35.7 Å². The van der Waals surface area contributed by atoms with Crippen molar-refractivity contribution in [3.63, 3.8) is 0 Å². The highest BCUT2D eigenvalue weighted by molar-refractivity contribution is 6.03. The van der Waals surface area contributed by atoms with Gasteiger partial charge in [-0.3, -0.25) is 9.59 Å². The zero-order valence-electron chi connectivity index (χ0n) is 20.4. The maximum atomic E-state index is 14.0. The van der Waals surface area contributed by atoms with Gasteiger partial charge in [-0.1, -0.05) is 84.1 Å². The Kier molecular flexibility index (Phi) is 7.49. The lowest BCUT2D eigenvalue weighted by atomic mass is 9.81. The molecule has 0 spiro atoms. The number of fused-ring (bicyclic) bond motifs is 1. The van der Waals surface area contributed by atoms with Crippen LogP contribution in [0.1, 0.15) is 48.0 Å². The fourth-order valence-electron chi connectivity index (χ4n) is 4.55. The van der Waals surface area contributed by atoms with Crippen molar-refractivity contribution in [1.29, 1.82) is 0 Å². The number of carbonyl (C=O) groups excluding carboxylic acids is 2. The zero-order chi connectivity index (χ0) is 24.5. The van der Waals surface area contributed by atoms with Crippen molar-refractivity contribution in [1.82, 2.24) is 5.32 Å². The molecule has 1 saturated carbocycles. The molecule has 0 heterocycles. The molecular weight excluding hydrogens is 418 g/mol. The molecule has 6 heteroatoms. The fraction of sp³-hybridized carbons (Fsp3) is 0.556. The zero-order valence-corrected chi connectivity index (χ0v) is 20.4. The third-order valence-corrected chi connectivity index (χ3v) is 6.71. The molecule has 6 nitrogen and oxygen atoms in total. The number of amides is 1. The molecule has 180 valence electrons. The van der Waals surface area contributed by atoms with Gasteiger partial charge in [-0.05, 0) is 11.5 Å². The first kappa shape index (κ1) is 25.2. The molecule has 0 saturated heterocycles. The predicted molar refractivity (Wildman–Crippen MR) is 128 cm³/mol. The van der Waals surface area contributed by atoms with Crippen molar-refractivity contribution >= 4 is 11.7 Å². The van der Waals surface area contributed by atoms with Crippen molar-refractivity contribution in [2.24, 2.45) is 29.6 Å². The van der Waals surface area contributed by atoms with E-state index in [-0.39, 0.29) is 29.4 Å². The van der Waals surface area contributed by atoms with E-state index in [2.05, 4.69) is 19.2 Å². The predicted octanol–water partition coefficient (Wildman–Crippen LogP) is 3.59. The van der Waals surface area contributed by atoms with E-state index in [1.807, 2.05) is 38.2 Å². The SMILES string of the molecule is CC(C)C(=O)NC1(C2=C(OC(O)C(C)C)CC=C(C(C)C)C=C2)C(=O)C2C=CC=CC2C1O. The summed E-state index contributed by atoms with van der Waals surface area (Å²) in [6, 6.07) is 0. The standard InChI is InChI=1S/C27H37NO5/c1-15(2)18-11-13-21(22(14-12-18)33-26(32)17(5)6)27(28-25(31)16(3)4)23(29)19-9-7-8-10-20(19)24(27)30/h7-13,15-17,19-20,23,26,29,32H,14H2,1-6H3,(H,28,31). The number of carbonyl (C=O) groups is 2. The van der Waals surface area contributed by atoms with E-state index in [0.717, 1.165) is 5.57 Å². The Bertz CT molecular complexity index is 936. The van der Waals surface area contributed by atoms with Crippen LogP contribution < -0.4 is 5.32 Å². The third kappa shape index (κ3) is 4.64. The van der Waals surface area contributed by atoms with Gasteiger partial charge >= 0.3 is 0 Å². The van der Waals surface area contributed by atoms with Crippen LogP contribution in [0.2, 0.25) is 0 Å². The van der Waals surface area contributed by atoms with Crippen LogP contribution in [0.4, 0.5) is 0 Å². The minimum absolute atomic E-state index is 0.182. The summed E-state index contributed by atoms with van der Waals surface area (Å²) in [6.45, 7) is 11.3. The normalized spacial score (nSPS) is 30.1. The van der Waals surface area contributed by atoms with Gasteiger partial charge in [0.2, 0.25) is 5.91 Å². The molecule has 3 N–H and O–H groups in total. The lowest BCUT2D eigenvalue weighted by Crippen LogP contribution is -2.61. The van der Waals surface area contributed by atoms with Crippen LogP contribution in [-0.2, 0) is 14.3 Å². The van der Waals surface area contributed by atoms with E-state index in [1.165, 1.54) is 0 Å². The second-order valence-corrected chi connectivity index (χ2v) is 10.1. The number of nitrogens with one attached hydrogen (secondary N) is 1. The van der Waals surface area contributed by atoms with Crippen LogP contribution >= 0.6 is 0 Å². The number of ketones is 1. The molecule has 3 aliphatic carbocycles. The molecule has 0 aliphatic heterocycles. The summed E-state index contributed by atoms with van der Waals surface area (Å²) < 4.78 is 5.99. The van der Waals surface area contributed by atoms with E-state index in [9.17, 15) is 19.8 Å². The van der Waals surface area contributed by atoms with Crippen LogP contribution in [0, 0.1) is 29.6 Å². The van der Waals surface area contributed by atoms with Gasteiger partial charge in [-0.15, -0.1) is 0 Å². The summed E-state index contributed by atoms with van der Waals surface area (Å²) >= 11 is 0. The Morgan fingerprint density at radius 1 is 1.12 bits per heavy atom. The molecule has 0 radical (unpaired) electrons. The number of rotatable bonds is 7. The van der Waals surface area contributed by atoms with Crippen molar-refractivity contribution in [2.45, 2.75) is 65.9 Å². The van der Waals surface area contributed by atoms with Gasteiger partial charge in [-0.25, -0.2) is 0 Å². The number of Topliss-reactive ketones (excluding diaryl/α,β-unsaturated/α-hetero) is 1. The quantitative estimate of drug-likeness (QED) is 0.510. The van der Waals surface area contributed by atoms with Gasteiger partial charge in [0.1, 0.15) is 5.76 Å². The summed E-state index contributed by atoms with van der Waals surface area (Å²) in [5.41, 5.74) is -0.234. The Balaban J connectivity index is 2.23. The molecular formula is C27H37NO5. The molecule has 1 amide bonds. The highest BCUT2D eigenvalue weighted by Gasteiger charge is 2.62. The second-order valence-electron chi connectivity index (χ2n) is 10.1. The van der Waals surface area contributed by atoms with Gasteiger partial charge in [-0.2, -0.15) is 0 Å². The van der Waals surface area contributed by atoms with E-state index in [4.69, 9.17) is 4.74 Å². The number of aliphatic hydroxyl groups is 2. The van der Waals surface area contributed by atoms with E-state index >= 15 is 0 Å². The van der Waals surface area contributed by atoms with Crippen molar-refractivity contribution in [2.75, 3.05) is 0 Å². The number of allylic oxidation sites excluding steroid dienone is 6. The van der Waals surface area contributed by atoms with Gasteiger partial charge in [0.15, 0.2) is 17.6 Å². The first-order valence-corrected chi connectivity index (χ1v) is 11.9. The maximum absolute atomic E-state index is 14.0. The lowest BCUT2D eigenvalue weighted by molar-refractivity contribution is -0.134. The van der Waals surface area contributed by atoms with Crippen LogP contribution in [0.3, 0.4) is 0 Å². The molecule has 0 bridgehead atoms. The van der Waals surface area contributed by atoms with Crippen LogP contribution in [0.5, 0.6) is 0 Å². The summed E-state index contributed by atoms with van der Waals surface area (Å²) in [6.07, 6.45) is 11.0. The van der Waals surface area contributed by atoms with Gasteiger partial charge < -0.3 is 20.3 Å². The lowest BCUT2D eigenvalue weighted by Gasteiger charge is -2.36. The minimum Gasteiger partial charge on any atom is -0.469 e. The van der Waals surface area contributed by atoms with Gasteiger partial charge in [0.05, 0.1) is 6.10 Å². The highest BCUT2D eigenvalue weighted by atomic mass is 16.6. The number of hydrogen-bond acceptors (Lipinski definition) is 5. The molecule has 5 unspecified atom stereocenters. The maximum Gasteiger partial charge on any atom is 0.223 e. The first-order valence-electron chi connectivity index (χ1n) is 11.9. The van der Waals surface area contributed by atoms with Crippen molar-refractivity contribution < 1.29 is 24.5 Å². The van der Waals surface area contributed by atoms with Crippen molar-refractivity contribution in [3.8, 4) is 0 Å². The number of aliphatic hydroxyl groups excluding tert-OH is 2. The van der Waals surface area contributed by atoms with E-state index in [0.29, 0.717) is 17.8 Å². The average molecular weight is 456 g/mol. The highest BCUT2D eigenvalue weighted by Crippen LogP contribution is 2.46. The first-order chi connectivity index (χ1) is 15.5. The third-order valence-electron chi connectivity index (χ3n) is 6.71. The smallest absolute Gasteiger partial charge is 0.223 e. The molecule has 3 rings (SSSR count). The largest absolute Gasteiger partial charge is 0.469 e. The van der Waals surface area contributed by atoms with Crippen LogP contribution in [0.25, 0.3) is 0 Å². The molecule has 0 aromatic heterocycles. The van der Waals surface area contributed by atoms with E-state index < -0.39 is 29.8 Å². The Morgan fingerprint density at radius 3 is 2.36 bits per heavy atom. The summed E-state index contributed by atoms with van der Waals surface area (Å²) in [5.74, 6) is -1.59. The monoisotopic (exact) mass is 455 g/mol. The fourth-order valence-corrected chi connectivity index (χ4v) is 4.55. The molecule has 5 atom stereocenters. The van der Waals surface area contributed by atoms with Crippen molar-refractivity contribution in [3.05, 3.63) is 59.4 Å². The van der Waals surface area contributed by atoms with Gasteiger partial charge in [0.25, 0.3) is 0 Å². The number of ether oxygens (including phenoxy) is 1. The summed E-state index contributed by atoms with van der Waals surface area (Å²) in [5, 5.41) is 25.1. The van der Waals surface area contributed by atoms with E-state index in [1.54, 1.807) is 32.1 Å². The molecule has 1 fully saturated rings.